The zero-order valence-corrected chi connectivity index (χ0v) is 16.2. The van der Waals surface area contributed by atoms with Gasteiger partial charge in [0, 0.05) is 0 Å². The Morgan fingerprint density at radius 1 is 0.625 bits per heavy atom. The molecule has 0 saturated heterocycles. The molecule has 0 saturated carbocycles. The topological polar surface area (TPSA) is 105 Å². The molecule has 0 heterocycles. The molecule has 6 heteroatoms. The van der Waals surface area contributed by atoms with Gasteiger partial charge in [-0.3, -0.25) is 0 Å². The highest BCUT2D eigenvalue weighted by Crippen LogP contribution is 2.24. The summed E-state index contributed by atoms with van der Waals surface area (Å²) < 4.78 is 8.36. The number of benzene rings is 1. The fourth-order valence-corrected chi connectivity index (χ4v) is 1.97. The van der Waals surface area contributed by atoms with Gasteiger partial charge in [0.05, 0.1) is 13.2 Å². The van der Waals surface area contributed by atoms with Crippen molar-refractivity contribution >= 4 is 12.2 Å². The summed E-state index contributed by atoms with van der Waals surface area (Å²) in [7, 11) is 0. The van der Waals surface area contributed by atoms with E-state index in [1.165, 1.54) is 33.4 Å². The maximum atomic E-state index is 9.60. The number of amides is 2. The molecule has 1 aromatic rings. The lowest BCUT2D eigenvalue weighted by Crippen LogP contribution is -2.11. The van der Waals surface area contributed by atoms with Crippen LogP contribution < -0.4 is 11.5 Å². The summed E-state index contributed by atoms with van der Waals surface area (Å²) in [5.41, 5.74) is 17.8. The Morgan fingerprint density at radius 3 is 0.833 bits per heavy atom. The van der Waals surface area contributed by atoms with Crippen molar-refractivity contribution in [1.82, 2.24) is 0 Å². The third-order valence-electron chi connectivity index (χ3n) is 3.95. The SMILES string of the molecule is CCOC(N)=O.CCOC(N)=O.Cc1c(C)c(C)c(C)c(C)c1C. The van der Waals surface area contributed by atoms with E-state index in [-0.39, 0.29) is 0 Å². The summed E-state index contributed by atoms with van der Waals surface area (Å²) in [6.45, 7) is 17.4. The smallest absolute Gasteiger partial charge is 0.404 e. The van der Waals surface area contributed by atoms with Crippen molar-refractivity contribution in [2.75, 3.05) is 13.2 Å². The Hall–Kier alpha value is -2.24. The first-order chi connectivity index (χ1) is 11.0. The van der Waals surface area contributed by atoms with Crippen LogP contribution in [0.25, 0.3) is 0 Å². The first kappa shape index (κ1) is 24.0. The lowest BCUT2D eigenvalue weighted by molar-refractivity contribution is 0.162. The van der Waals surface area contributed by atoms with Gasteiger partial charge < -0.3 is 20.9 Å². The first-order valence-electron chi connectivity index (χ1n) is 7.89. The van der Waals surface area contributed by atoms with E-state index in [4.69, 9.17) is 0 Å². The largest absolute Gasteiger partial charge is 0.450 e. The molecule has 0 fully saturated rings. The van der Waals surface area contributed by atoms with Gasteiger partial charge in [-0.05, 0) is 88.8 Å². The van der Waals surface area contributed by atoms with Crippen LogP contribution in [0, 0.1) is 41.5 Å². The van der Waals surface area contributed by atoms with E-state index >= 15 is 0 Å². The van der Waals surface area contributed by atoms with Gasteiger partial charge in [0.25, 0.3) is 0 Å². The molecule has 24 heavy (non-hydrogen) atoms. The van der Waals surface area contributed by atoms with Crippen LogP contribution >= 0.6 is 0 Å². The zero-order chi connectivity index (χ0) is 19.4. The van der Waals surface area contributed by atoms with Crippen molar-refractivity contribution in [2.24, 2.45) is 11.5 Å². The Labute approximate surface area is 145 Å². The molecular formula is C18H32N2O4. The number of carbonyl (C=O) groups is 2. The minimum atomic E-state index is -0.711. The van der Waals surface area contributed by atoms with Crippen molar-refractivity contribution in [3.05, 3.63) is 33.4 Å². The summed E-state index contributed by atoms with van der Waals surface area (Å²) in [6.07, 6.45) is -1.42. The second-order valence-corrected chi connectivity index (χ2v) is 5.25. The molecule has 0 aromatic heterocycles. The maximum Gasteiger partial charge on any atom is 0.404 e. The number of primary amides is 2. The van der Waals surface area contributed by atoms with Crippen LogP contribution in [0.15, 0.2) is 0 Å². The lowest BCUT2D eigenvalue weighted by atomic mass is 9.90. The standard InChI is InChI=1S/C12H18.2C3H7NO2/c1-7-8(2)10(4)12(6)11(5)9(7)3;2*1-2-6-3(4)5/h1-6H3;2*2H2,1H3,(H2,4,5). The van der Waals surface area contributed by atoms with E-state index in [1.807, 2.05) is 0 Å². The fourth-order valence-electron chi connectivity index (χ4n) is 1.97. The quantitative estimate of drug-likeness (QED) is 0.855. The highest BCUT2D eigenvalue weighted by Gasteiger charge is 2.07. The first-order valence-corrected chi connectivity index (χ1v) is 7.89. The molecule has 1 aromatic carbocycles. The van der Waals surface area contributed by atoms with E-state index in [0.717, 1.165) is 0 Å². The van der Waals surface area contributed by atoms with Crippen LogP contribution in [-0.4, -0.2) is 25.4 Å². The molecule has 6 nitrogen and oxygen atoms in total. The zero-order valence-electron chi connectivity index (χ0n) is 16.2. The van der Waals surface area contributed by atoms with E-state index < -0.39 is 12.2 Å². The number of ether oxygens (including phenoxy) is 2. The van der Waals surface area contributed by atoms with Gasteiger partial charge in [0.15, 0.2) is 0 Å². The summed E-state index contributed by atoms with van der Waals surface area (Å²) in [5, 5.41) is 0. The molecular weight excluding hydrogens is 308 g/mol. The molecule has 0 aliphatic heterocycles. The maximum absolute atomic E-state index is 9.60. The number of rotatable bonds is 2. The normalized spacial score (nSPS) is 9.00. The Bertz CT molecular complexity index is 433. The molecule has 0 spiro atoms. The average molecular weight is 340 g/mol. The average Bonchev–Trinajstić information content (AvgIpc) is 2.50. The second kappa shape index (κ2) is 12.2. The summed E-state index contributed by atoms with van der Waals surface area (Å²) >= 11 is 0. The predicted octanol–water partition coefficient (Wildman–Crippen LogP) is 3.74. The molecule has 2 amide bonds. The third kappa shape index (κ3) is 9.02. The molecule has 0 atom stereocenters. The van der Waals surface area contributed by atoms with E-state index in [9.17, 15) is 9.59 Å². The molecule has 0 unspecified atom stereocenters. The summed E-state index contributed by atoms with van der Waals surface area (Å²) in [6, 6.07) is 0. The number of carbonyl (C=O) groups excluding carboxylic acids is 2. The third-order valence-corrected chi connectivity index (χ3v) is 3.95. The molecule has 0 aliphatic carbocycles. The summed E-state index contributed by atoms with van der Waals surface area (Å²) in [4.78, 5) is 19.2. The number of hydrogen-bond donors (Lipinski definition) is 2. The minimum absolute atomic E-state index is 0.356. The lowest BCUT2D eigenvalue weighted by Gasteiger charge is -2.15. The predicted molar refractivity (Wildman–Crippen MR) is 97.3 cm³/mol. The number of hydrogen-bond acceptors (Lipinski definition) is 4. The summed E-state index contributed by atoms with van der Waals surface area (Å²) in [5.74, 6) is 0. The van der Waals surface area contributed by atoms with Crippen LogP contribution in [0.3, 0.4) is 0 Å². The number of nitrogens with two attached hydrogens (primary N) is 2. The van der Waals surface area contributed by atoms with Gasteiger partial charge in [-0.1, -0.05) is 0 Å². The molecule has 0 bridgehead atoms. The van der Waals surface area contributed by atoms with Crippen molar-refractivity contribution < 1.29 is 19.1 Å². The second-order valence-electron chi connectivity index (χ2n) is 5.25. The van der Waals surface area contributed by atoms with Gasteiger partial charge >= 0.3 is 12.2 Å². The van der Waals surface area contributed by atoms with Gasteiger partial charge in [-0.2, -0.15) is 0 Å². The minimum Gasteiger partial charge on any atom is -0.450 e. The molecule has 1 rings (SSSR count). The van der Waals surface area contributed by atoms with Gasteiger partial charge in [0.2, 0.25) is 0 Å². The van der Waals surface area contributed by atoms with E-state index in [1.54, 1.807) is 13.8 Å². The van der Waals surface area contributed by atoms with Gasteiger partial charge in [-0.15, -0.1) is 0 Å². The molecule has 0 radical (unpaired) electrons. The Kier molecular flexibility index (Phi) is 12.2. The van der Waals surface area contributed by atoms with E-state index in [2.05, 4.69) is 62.5 Å². The van der Waals surface area contributed by atoms with Crippen LogP contribution in [-0.2, 0) is 9.47 Å². The molecule has 138 valence electrons. The highest BCUT2D eigenvalue weighted by molar-refractivity contribution is 5.64. The van der Waals surface area contributed by atoms with Crippen molar-refractivity contribution in [2.45, 2.75) is 55.4 Å². The van der Waals surface area contributed by atoms with Gasteiger partial charge in [-0.25, -0.2) is 9.59 Å². The monoisotopic (exact) mass is 340 g/mol. The highest BCUT2D eigenvalue weighted by atomic mass is 16.5. The molecule has 0 aliphatic rings. The van der Waals surface area contributed by atoms with Crippen LogP contribution in [0.4, 0.5) is 9.59 Å². The van der Waals surface area contributed by atoms with Crippen LogP contribution in [0.5, 0.6) is 0 Å². The van der Waals surface area contributed by atoms with Crippen LogP contribution in [0.2, 0.25) is 0 Å². The van der Waals surface area contributed by atoms with Crippen LogP contribution in [0.1, 0.15) is 47.2 Å². The van der Waals surface area contributed by atoms with Crippen molar-refractivity contribution in [3.63, 3.8) is 0 Å². The van der Waals surface area contributed by atoms with Crippen molar-refractivity contribution in [1.29, 1.82) is 0 Å². The fraction of sp³-hybridized carbons (Fsp3) is 0.556. The van der Waals surface area contributed by atoms with Gasteiger partial charge in [0.1, 0.15) is 0 Å². The Morgan fingerprint density at radius 2 is 0.792 bits per heavy atom. The van der Waals surface area contributed by atoms with E-state index in [0.29, 0.717) is 13.2 Å². The molecule has 4 N–H and O–H groups in total. The Balaban J connectivity index is 0. The van der Waals surface area contributed by atoms with Crippen molar-refractivity contribution in [3.8, 4) is 0 Å².